The van der Waals surface area contributed by atoms with Gasteiger partial charge in [-0.15, -0.1) is 0 Å². The molecule has 2 aromatic carbocycles. The molecular formula is C19H16BrN3O2. The maximum Gasteiger partial charge on any atom is 0.232 e. The molecule has 25 heavy (non-hydrogen) atoms. The first kappa shape index (κ1) is 16.0. The molecule has 0 bridgehead atoms. The third kappa shape index (κ3) is 3.09. The molecule has 1 aliphatic heterocycles. The zero-order valence-corrected chi connectivity index (χ0v) is 15.2. The summed E-state index contributed by atoms with van der Waals surface area (Å²) in [5.41, 5.74) is 2.92. The fourth-order valence-corrected chi connectivity index (χ4v) is 3.35. The Labute approximate surface area is 153 Å². The van der Waals surface area contributed by atoms with Gasteiger partial charge in [-0.25, -0.2) is 0 Å². The Bertz CT molecular complexity index is 920. The lowest BCUT2D eigenvalue weighted by molar-refractivity contribution is -0.117. The van der Waals surface area contributed by atoms with Crippen LogP contribution in [0, 0.1) is 6.92 Å². The number of rotatable bonds is 3. The van der Waals surface area contributed by atoms with Gasteiger partial charge in [0.1, 0.15) is 0 Å². The van der Waals surface area contributed by atoms with E-state index in [-0.39, 0.29) is 11.8 Å². The molecule has 1 amide bonds. The first-order chi connectivity index (χ1) is 12.1. The van der Waals surface area contributed by atoms with E-state index in [0.29, 0.717) is 24.7 Å². The SMILES string of the molecule is Cc1ccccc1N1CC(c2nc(-c3ccc(Br)cc3)no2)CC1=O. The number of halogens is 1. The second-order valence-corrected chi connectivity index (χ2v) is 7.07. The van der Waals surface area contributed by atoms with Crippen molar-refractivity contribution in [3.05, 3.63) is 64.5 Å². The number of hydrogen-bond donors (Lipinski definition) is 0. The summed E-state index contributed by atoms with van der Waals surface area (Å²) in [5.74, 6) is 1.07. The lowest BCUT2D eigenvalue weighted by Crippen LogP contribution is -2.25. The molecule has 3 aromatic rings. The number of amides is 1. The summed E-state index contributed by atoms with van der Waals surface area (Å²) in [6.45, 7) is 2.57. The molecule has 0 radical (unpaired) electrons. The number of nitrogens with zero attached hydrogens (tertiary/aromatic N) is 3. The van der Waals surface area contributed by atoms with Crippen LogP contribution in [0.1, 0.15) is 23.8 Å². The normalized spacial score (nSPS) is 17.3. The van der Waals surface area contributed by atoms with Crippen molar-refractivity contribution >= 4 is 27.5 Å². The fourth-order valence-electron chi connectivity index (χ4n) is 3.09. The van der Waals surface area contributed by atoms with Crippen LogP contribution in [0.25, 0.3) is 11.4 Å². The Morgan fingerprint density at radius 2 is 1.92 bits per heavy atom. The molecule has 1 unspecified atom stereocenters. The second-order valence-electron chi connectivity index (χ2n) is 6.15. The van der Waals surface area contributed by atoms with Crippen molar-refractivity contribution in [3.63, 3.8) is 0 Å². The molecule has 2 heterocycles. The maximum absolute atomic E-state index is 12.5. The zero-order valence-electron chi connectivity index (χ0n) is 13.6. The molecule has 126 valence electrons. The standard InChI is InChI=1S/C19H16BrN3O2/c1-12-4-2-3-5-16(12)23-11-14(10-17(23)24)19-21-18(22-25-19)13-6-8-15(20)9-7-13/h2-9,14H,10-11H2,1H3. The van der Waals surface area contributed by atoms with Crippen molar-refractivity contribution in [3.8, 4) is 11.4 Å². The van der Waals surface area contributed by atoms with Gasteiger partial charge < -0.3 is 9.42 Å². The van der Waals surface area contributed by atoms with Gasteiger partial charge >= 0.3 is 0 Å². The number of anilines is 1. The summed E-state index contributed by atoms with van der Waals surface area (Å²) in [6.07, 6.45) is 0.385. The van der Waals surface area contributed by atoms with Crippen LogP contribution in [0.2, 0.25) is 0 Å². The van der Waals surface area contributed by atoms with Crippen molar-refractivity contribution in [1.29, 1.82) is 0 Å². The van der Waals surface area contributed by atoms with Crippen LogP contribution in [0.3, 0.4) is 0 Å². The minimum absolute atomic E-state index is 0.0798. The Morgan fingerprint density at radius 1 is 1.16 bits per heavy atom. The second kappa shape index (κ2) is 6.44. The fraction of sp³-hybridized carbons (Fsp3) is 0.211. The highest BCUT2D eigenvalue weighted by atomic mass is 79.9. The largest absolute Gasteiger partial charge is 0.339 e. The van der Waals surface area contributed by atoms with Crippen LogP contribution < -0.4 is 4.90 Å². The number of aryl methyl sites for hydroxylation is 1. The average Bonchev–Trinajstić information content (AvgIpc) is 3.23. The van der Waals surface area contributed by atoms with Crippen molar-refractivity contribution in [2.45, 2.75) is 19.3 Å². The molecule has 1 aromatic heterocycles. The first-order valence-electron chi connectivity index (χ1n) is 8.07. The van der Waals surface area contributed by atoms with Crippen LogP contribution in [0.15, 0.2) is 57.5 Å². The van der Waals surface area contributed by atoms with Crippen LogP contribution in [0.5, 0.6) is 0 Å². The van der Waals surface area contributed by atoms with E-state index in [2.05, 4.69) is 26.1 Å². The first-order valence-corrected chi connectivity index (χ1v) is 8.86. The summed E-state index contributed by atoms with van der Waals surface area (Å²) < 4.78 is 6.44. The highest BCUT2D eigenvalue weighted by molar-refractivity contribution is 9.10. The van der Waals surface area contributed by atoms with E-state index in [9.17, 15) is 4.79 Å². The van der Waals surface area contributed by atoms with Gasteiger partial charge in [-0.1, -0.05) is 39.3 Å². The van der Waals surface area contributed by atoms with E-state index < -0.39 is 0 Å². The number of hydrogen-bond acceptors (Lipinski definition) is 4. The number of para-hydroxylation sites is 1. The predicted octanol–water partition coefficient (Wildman–Crippen LogP) is 4.33. The Balaban J connectivity index is 1.57. The molecule has 1 aliphatic rings. The van der Waals surface area contributed by atoms with E-state index in [1.807, 2.05) is 60.4 Å². The van der Waals surface area contributed by atoms with Crippen LogP contribution in [-0.2, 0) is 4.79 Å². The van der Waals surface area contributed by atoms with E-state index in [1.54, 1.807) is 0 Å². The molecule has 0 N–H and O–H groups in total. The molecule has 1 atom stereocenters. The smallest absolute Gasteiger partial charge is 0.232 e. The van der Waals surface area contributed by atoms with E-state index >= 15 is 0 Å². The maximum atomic E-state index is 12.5. The number of carbonyl (C=O) groups excluding carboxylic acids is 1. The number of carbonyl (C=O) groups is 1. The molecule has 0 aliphatic carbocycles. The summed E-state index contributed by atoms with van der Waals surface area (Å²) in [4.78, 5) is 18.8. The molecule has 6 heteroatoms. The lowest BCUT2D eigenvalue weighted by Gasteiger charge is -2.18. The Hall–Kier alpha value is -2.47. The quantitative estimate of drug-likeness (QED) is 0.659. The highest BCUT2D eigenvalue weighted by Gasteiger charge is 2.35. The highest BCUT2D eigenvalue weighted by Crippen LogP contribution is 2.33. The molecular weight excluding hydrogens is 382 g/mol. The topological polar surface area (TPSA) is 59.2 Å². The van der Waals surface area contributed by atoms with Gasteiger partial charge in [-0.05, 0) is 42.8 Å². The Kier molecular flexibility index (Phi) is 4.13. The van der Waals surface area contributed by atoms with Crippen LogP contribution in [0.4, 0.5) is 5.69 Å². The van der Waals surface area contributed by atoms with Crippen LogP contribution >= 0.6 is 15.9 Å². The molecule has 1 fully saturated rings. The number of aromatic nitrogens is 2. The van der Waals surface area contributed by atoms with Gasteiger partial charge in [0, 0.05) is 28.7 Å². The van der Waals surface area contributed by atoms with Gasteiger partial charge in [-0.2, -0.15) is 4.98 Å². The van der Waals surface area contributed by atoms with Gasteiger partial charge in [-0.3, -0.25) is 4.79 Å². The minimum atomic E-state index is -0.0798. The van der Waals surface area contributed by atoms with Crippen molar-refractivity contribution in [2.24, 2.45) is 0 Å². The number of benzene rings is 2. The summed E-state index contributed by atoms with van der Waals surface area (Å²) in [7, 11) is 0. The van der Waals surface area contributed by atoms with Crippen LogP contribution in [-0.4, -0.2) is 22.6 Å². The molecule has 4 rings (SSSR count). The van der Waals surface area contributed by atoms with Gasteiger partial charge in [0.05, 0.1) is 5.92 Å². The monoisotopic (exact) mass is 397 g/mol. The third-order valence-corrected chi connectivity index (χ3v) is 4.95. The van der Waals surface area contributed by atoms with Gasteiger partial charge in [0.15, 0.2) is 0 Å². The predicted molar refractivity (Wildman–Crippen MR) is 98.3 cm³/mol. The van der Waals surface area contributed by atoms with E-state index in [0.717, 1.165) is 21.3 Å². The summed E-state index contributed by atoms with van der Waals surface area (Å²) in [6, 6.07) is 15.6. The summed E-state index contributed by atoms with van der Waals surface area (Å²) in [5, 5.41) is 4.07. The van der Waals surface area contributed by atoms with Gasteiger partial charge in [0.25, 0.3) is 0 Å². The van der Waals surface area contributed by atoms with E-state index in [1.165, 1.54) is 0 Å². The average molecular weight is 398 g/mol. The third-order valence-electron chi connectivity index (χ3n) is 4.42. The van der Waals surface area contributed by atoms with Gasteiger partial charge in [0.2, 0.25) is 17.6 Å². The molecule has 1 saturated heterocycles. The summed E-state index contributed by atoms with van der Waals surface area (Å²) >= 11 is 3.41. The van der Waals surface area contributed by atoms with Crippen molar-refractivity contribution in [2.75, 3.05) is 11.4 Å². The molecule has 5 nitrogen and oxygen atoms in total. The van der Waals surface area contributed by atoms with Crippen molar-refractivity contribution in [1.82, 2.24) is 10.1 Å². The zero-order chi connectivity index (χ0) is 17.4. The lowest BCUT2D eigenvalue weighted by atomic mass is 10.1. The molecule has 0 spiro atoms. The minimum Gasteiger partial charge on any atom is -0.339 e. The van der Waals surface area contributed by atoms with E-state index in [4.69, 9.17) is 4.52 Å². The van der Waals surface area contributed by atoms with Crippen molar-refractivity contribution < 1.29 is 9.32 Å². The molecule has 0 saturated carbocycles. The Morgan fingerprint density at radius 3 is 2.68 bits per heavy atom.